The van der Waals surface area contributed by atoms with E-state index in [-0.39, 0.29) is 18.1 Å². The van der Waals surface area contributed by atoms with Gasteiger partial charge in [0.15, 0.2) is 18.1 Å². The lowest BCUT2D eigenvalue weighted by atomic mass is 10.0. The number of halogens is 1. The molecule has 0 aliphatic heterocycles. The van der Waals surface area contributed by atoms with Crippen LogP contribution in [0.1, 0.15) is 29.8 Å². The van der Waals surface area contributed by atoms with Crippen LogP contribution in [0.15, 0.2) is 47.6 Å². The first kappa shape index (κ1) is 25.3. The third kappa shape index (κ3) is 7.60. The molecule has 10 heteroatoms. The van der Waals surface area contributed by atoms with Gasteiger partial charge in [-0.25, -0.2) is 14.6 Å². The van der Waals surface area contributed by atoms with Gasteiger partial charge in [0.25, 0.3) is 11.8 Å². The number of nitrogens with zero attached hydrogens (tertiary/aromatic N) is 1. The predicted molar refractivity (Wildman–Crippen MR) is 119 cm³/mol. The number of nitrogens with one attached hydrogen (secondary N) is 2. The summed E-state index contributed by atoms with van der Waals surface area (Å²) < 4.78 is 28.2. The van der Waals surface area contributed by atoms with Gasteiger partial charge >= 0.3 is 5.97 Å². The van der Waals surface area contributed by atoms with Gasteiger partial charge < -0.3 is 19.5 Å². The second kappa shape index (κ2) is 12.2. The van der Waals surface area contributed by atoms with Crippen molar-refractivity contribution in [3.8, 4) is 11.5 Å². The van der Waals surface area contributed by atoms with Crippen LogP contribution in [0.25, 0.3) is 0 Å². The van der Waals surface area contributed by atoms with Gasteiger partial charge in [0.05, 0.1) is 20.4 Å². The van der Waals surface area contributed by atoms with Crippen LogP contribution in [-0.2, 0) is 14.3 Å². The Labute approximate surface area is 190 Å². The average Bonchev–Trinajstić information content (AvgIpc) is 2.81. The number of hydrazone groups is 1. The Balaban J connectivity index is 2.01. The van der Waals surface area contributed by atoms with E-state index in [2.05, 4.69) is 20.6 Å². The summed E-state index contributed by atoms with van der Waals surface area (Å²) in [5.41, 5.74) is 3.23. The van der Waals surface area contributed by atoms with E-state index in [1.165, 1.54) is 44.7 Å². The minimum absolute atomic E-state index is 0.226. The summed E-state index contributed by atoms with van der Waals surface area (Å²) in [7, 11) is 2.70. The summed E-state index contributed by atoms with van der Waals surface area (Å²) in [4.78, 5) is 36.2. The highest BCUT2D eigenvalue weighted by molar-refractivity contribution is 5.97. The van der Waals surface area contributed by atoms with Crippen LogP contribution in [0.3, 0.4) is 0 Å². The van der Waals surface area contributed by atoms with E-state index in [0.717, 1.165) is 0 Å². The maximum atomic E-state index is 13.1. The number of benzene rings is 2. The van der Waals surface area contributed by atoms with Crippen LogP contribution in [0.5, 0.6) is 11.5 Å². The summed E-state index contributed by atoms with van der Waals surface area (Å²) in [6.45, 7) is 3.28. The molecule has 0 heterocycles. The molecule has 2 aromatic carbocycles. The molecule has 2 aromatic rings. The molecule has 176 valence electrons. The Morgan fingerprint density at radius 1 is 1.06 bits per heavy atom. The first-order chi connectivity index (χ1) is 15.7. The second-order valence-electron chi connectivity index (χ2n) is 7.21. The van der Waals surface area contributed by atoms with Gasteiger partial charge in [-0.1, -0.05) is 13.8 Å². The van der Waals surface area contributed by atoms with Crippen LogP contribution in [0.4, 0.5) is 4.39 Å². The number of amides is 2. The lowest BCUT2D eigenvalue weighted by Gasteiger charge is -2.20. The molecule has 2 N–H and O–H groups in total. The van der Waals surface area contributed by atoms with Gasteiger partial charge in [-0.05, 0) is 53.9 Å². The Bertz CT molecular complexity index is 1010. The van der Waals surface area contributed by atoms with Gasteiger partial charge in [0.2, 0.25) is 0 Å². The minimum atomic E-state index is -0.858. The van der Waals surface area contributed by atoms with Crippen molar-refractivity contribution in [3.63, 3.8) is 0 Å². The maximum absolute atomic E-state index is 13.1. The average molecular weight is 459 g/mol. The van der Waals surface area contributed by atoms with Crippen molar-refractivity contribution in [2.24, 2.45) is 11.0 Å². The highest BCUT2D eigenvalue weighted by Crippen LogP contribution is 2.27. The normalized spacial score (nSPS) is 11.7. The molecule has 2 rings (SSSR count). The van der Waals surface area contributed by atoms with E-state index >= 15 is 0 Å². The lowest BCUT2D eigenvalue weighted by Crippen LogP contribution is -2.48. The molecule has 0 saturated heterocycles. The van der Waals surface area contributed by atoms with Crippen molar-refractivity contribution in [1.82, 2.24) is 10.7 Å². The van der Waals surface area contributed by atoms with E-state index in [0.29, 0.717) is 17.1 Å². The molecular formula is C23H26FN3O6. The molecule has 0 spiro atoms. The van der Waals surface area contributed by atoms with E-state index in [1.807, 2.05) is 0 Å². The fourth-order valence-electron chi connectivity index (χ4n) is 2.68. The van der Waals surface area contributed by atoms with Gasteiger partial charge in [-0.2, -0.15) is 5.10 Å². The Hall–Kier alpha value is -3.95. The summed E-state index contributed by atoms with van der Waals surface area (Å²) in [5, 5.41) is 6.57. The maximum Gasteiger partial charge on any atom is 0.343 e. The lowest BCUT2D eigenvalue weighted by molar-refractivity contribution is -0.142. The first-order valence-corrected chi connectivity index (χ1v) is 10.0. The largest absolute Gasteiger partial charge is 0.493 e. The summed E-state index contributed by atoms with van der Waals surface area (Å²) >= 11 is 0. The Morgan fingerprint density at radius 3 is 2.36 bits per heavy atom. The van der Waals surface area contributed by atoms with Crippen molar-refractivity contribution < 1.29 is 33.0 Å². The molecule has 9 nitrogen and oxygen atoms in total. The van der Waals surface area contributed by atoms with E-state index in [4.69, 9.17) is 9.47 Å². The highest BCUT2D eigenvalue weighted by Gasteiger charge is 2.24. The summed E-state index contributed by atoms with van der Waals surface area (Å²) in [5.74, 6) is -1.53. The number of rotatable bonds is 10. The minimum Gasteiger partial charge on any atom is -0.493 e. The molecule has 0 aliphatic carbocycles. The molecule has 0 aliphatic rings. The first-order valence-electron chi connectivity index (χ1n) is 10.0. The molecule has 0 aromatic heterocycles. The highest BCUT2D eigenvalue weighted by atomic mass is 19.1. The molecule has 1 unspecified atom stereocenters. The fraction of sp³-hybridized carbons (Fsp3) is 0.304. The zero-order chi connectivity index (χ0) is 24.4. The van der Waals surface area contributed by atoms with Crippen LogP contribution >= 0.6 is 0 Å². The Kier molecular flexibility index (Phi) is 9.34. The summed E-state index contributed by atoms with van der Waals surface area (Å²) in [6.07, 6.45) is 1.39. The standard InChI is InChI=1S/C23H26FN3O6/c1-14(2)21(26-22(29)16-6-8-17(24)9-7-16)23(30)27-25-12-15-5-10-18(19(11-15)31-3)33-13-20(28)32-4/h5-12,14,21H,13H2,1-4H3,(H,26,29)(H,27,30). The van der Waals surface area contributed by atoms with Crippen LogP contribution in [-0.4, -0.2) is 50.9 Å². The number of hydrogen-bond acceptors (Lipinski definition) is 7. The van der Waals surface area contributed by atoms with Crippen molar-refractivity contribution in [2.45, 2.75) is 19.9 Å². The number of carbonyl (C=O) groups is 3. The molecule has 0 radical (unpaired) electrons. The molecule has 0 bridgehead atoms. The van der Waals surface area contributed by atoms with Crippen LogP contribution in [0, 0.1) is 11.7 Å². The topological polar surface area (TPSA) is 115 Å². The van der Waals surface area contributed by atoms with Crippen molar-refractivity contribution >= 4 is 24.0 Å². The molecule has 33 heavy (non-hydrogen) atoms. The van der Waals surface area contributed by atoms with Crippen LogP contribution in [0.2, 0.25) is 0 Å². The summed E-state index contributed by atoms with van der Waals surface area (Å²) in [6, 6.07) is 9.01. The van der Waals surface area contributed by atoms with Gasteiger partial charge in [0.1, 0.15) is 11.9 Å². The third-order valence-corrected chi connectivity index (χ3v) is 4.49. The third-order valence-electron chi connectivity index (χ3n) is 4.49. The van der Waals surface area contributed by atoms with Crippen molar-refractivity contribution in [3.05, 3.63) is 59.4 Å². The second-order valence-corrected chi connectivity index (χ2v) is 7.21. The number of methoxy groups -OCH3 is 2. The Morgan fingerprint density at radius 2 is 1.76 bits per heavy atom. The zero-order valence-corrected chi connectivity index (χ0v) is 18.8. The molecule has 1 atom stereocenters. The molecule has 2 amide bonds. The van der Waals surface area contributed by atoms with Gasteiger partial charge in [-0.15, -0.1) is 0 Å². The molecule has 0 saturated carbocycles. The number of carbonyl (C=O) groups excluding carboxylic acids is 3. The van der Waals surface area contributed by atoms with E-state index in [1.54, 1.807) is 32.0 Å². The molecule has 0 fully saturated rings. The predicted octanol–water partition coefficient (Wildman–Crippen LogP) is 2.29. The smallest absolute Gasteiger partial charge is 0.343 e. The van der Waals surface area contributed by atoms with Crippen molar-refractivity contribution in [2.75, 3.05) is 20.8 Å². The van der Waals surface area contributed by atoms with E-state index in [9.17, 15) is 18.8 Å². The van der Waals surface area contributed by atoms with Gasteiger partial charge in [-0.3, -0.25) is 9.59 Å². The van der Waals surface area contributed by atoms with Crippen LogP contribution < -0.4 is 20.2 Å². The monoisotopic (exact) mass is 459 g/mol. The number of hydrogen-bond donors (Lipinski definition) is 2. The van der Waals surface area contributed by atoms with Gasteiger partial charge in [0, 0.05) is 5.56 Å². The van der Waals surface area contributed by atoms with Crippen molar-refractivity contribution in [1.29, 1.82) is 0 Å². The SMILES string of the molecule is COC(=O)COc1ccc(C=NNC(=O)C(NC(=O)c2ccc(F)cc2)C(C)C)cc1OC. The van der Waals surface area contributed by atoms with E-state index < -0.39 is 29.6 Å². The zero-order valence-electron chi connectivity index (χ0n) is 18.8. The quantitative estimate of drug-likeness (QED) is 0.320. The molecular weight excluding hydrogens is 433 g/mol. The number of ether oxygens (including phenoxy) is 3. The number of esters is 1. The fourth-order valence-corrected chi connectivity index (χ4v) is 2.68.